The van der Waals surface area contributed by atoms with Crippen LogP contribution in [0.4, 0.5) is 0 Å². The molecular weight excluding hydrogens is 580 g/mol. The van der Waals surface area contributed by atoms with Crippen molar-refractivity contribution in [3.05, 3.63) is 62.3 Å². The van der Waals surface area contributed by atoms with E-state index in [-0.39, 0.29) is 72.7 Å². The van der Waals surface area contributed by atoms with Crippen LogP contribution in [0.5, 0.6) is 17.2 Å². The molecular formula is C32H44N6O7. The number of nitrogens with two attached hydrogens (primary N) is 4. The van der Waals surface area contributed by atoms with Gasteiger partial charge in [-0.05, 0) is 58.6 Å². The first kappa shape index (κ1) is 34.7. The van der Waals surface area contributed by atoms with E-state index in [0.717, 1.165) is 11.1 Å². The molecule has 2 unspecified atom stereocenters. The topological polar surface area (TPSA) is 238 Å². The molecule has 0 aliphatic rings. The largest absolute Gasteiger partial charge is 0.507 e. The van der Waals surface area contributed by atoms with Crippen molar-refractivity contribution < 1.29 is 29.2 Å². The number of benzene rings is 2. The van der Waals surface area contributed by atoms with Gasteiger partial charge < -0.3 is 52.1 Å². The van der Waals surface area contributed by atoms with Crippen LogP contribution in [-0.4, -0.2) is 65.7 Å². The maximum Gasteiger partial charge on any atom is 0.204 e. The number of aliphatic hydroxyl groups is 2. The number of hydrogen-bond donors (Lipinski definition) is 7. The lowest BCUT2D eigenvalue weighted by Crippen LogP contribution is -2.27. The highest BCUT2D eigenvalue weighted by atomic mass is 16.5. The van der Waals surface area contributed by atoms with E-state index in [9.17, 15) is 20.1 Å². The van der Waals surface area contributed by atoms with Crippen molar-refractivity contribution in [2.24, 2.45) is 32.9 Å². The van der Waals surface area contributed by atoms with Gasteiger partial charge in [-0.25, -0.2) is 0 Å². The van der Waals surface area contributed by atoms with Crippen molar-refractivity contribution in [1.82, 2.24) is 0 Å². The van der Waals surface area contributed by atoms with Gasteiger partial charge in [0.1, 0.15) is 59.2 Å². The summed E-state index contributed by atoms with van der Waals surface area (Å²) >= 11 is 0. The van der Waals surface area contributed by atoms with E-state index in [1.165, 1.54) is 6.07 Å². The fourth-order valence-electron chi connectivity index (χ4n) is 4.56. The molecule has 0 amide bonds. The van der Waals surface area contributed by atoms with Gasteiger partial charge in [0, 0.05) is 17.7 Å². The van der Waals surface area contributed by atoms with Gasteiger partial charge in [-0.3, -0.25) is 14.8 Å². The Labute approximate surface area is 261 Å². The summed E-state index contributed by atoms with van der Waals surface area (Å²) in [5.74, 6) is 0.0338. The van der Waals surface area contributed by atoms with Crippen LogP contribution in [0.25, 0.3) is 21.9 Å². The van der Waals surface area contributed by atoms with E-state index in [2.05, 4.69) is 9.98 Å². The summed E-state index contributed by atoms with van der Waals surface area (Å²) in [4.78, 5) is 21.8. The summed E-state index contributed by atoms with van der Waals surface area (Å²) in [5, 5.41) is 32.4. The molecule has 45 heavy (non-hydrogen) atoms. The average molecular weight is 625 g/mol. The number of nitrogens with zero attached hydrogens (tertiary/aromatic N) is 2. The highest BCUT2D eigenvalue weighted by molar-refractivity contribution is 5.97. The van der Waals surface area contributed by atoms with Crippen molar-refractivity contribution in [1.29, 1.82) is 0 Å². The number of fused-ring (bicyclic) bond motifs is 2. The monoisotopic (exact) mass is 624 g/mol. The molecule has 1 aromatic heterocycles. The Balaban J connectivity index is 2.23. The molecule has 3 aromatic rings. The second kappa shape index (κ2) is 15.3. The molecule has 13 nitrogen and oxygen atoms in total. The van der Waals surface area contributed by atoms with E-state index in [1.54, 1.807) is 6.07 Å². The number of phenols is 1. The zero-order valence-electron chi connectivity index (χ0n) is 26.4. The Bertz CT molecular complexity index is 1710. The third kappa shape index (κ3) is 9.13. The highest BCUT2D eigenvalue weighted by Crippen LogP contribution is 2.39. The van der Waals surface area contributed by atoms with Crippen LogP contribution < -0.4 is 37.8 Å². The van der Waals surface area contributed by atoms with Crippen LogP contribution >= 0.6 is 0 Å². The molecule has 2 atom stereocenters. The molecule has 0 aliphatic carbocycles. The second-order valence-electron chi connectivity index (χ2n) is 11.3. The molecule has 13 heteroatoms. The average Bonchev–Trinajstić information content (AvgIpc) is 2.95. The molecule has 11 N–H and O–H groups in total. The summed E-state index contributed by atoms with van der Waals surface area (Å²) in [6.45, 7) is 9.12. The number of aliphatic hydroxyl groups excluding tert-OH is 2. The molecule has 0 saturated heterocycles. The number of allylic oxidation sites excluding steroid dienone is 4. The number of ether oxygens (including phenoxy) is 2. The summed E-state index contributed by atoms with van der Waals surface area (Å²) < 4.78 is 18.1. The first-order chi connectivity index (χ1) is 21.2. The molecule has 2 aromatic carbocycles. The predicted molar refractivity (Wildman–Crippen MR) is 177 cm³/mol. The van der Waals surface area contributed by atoms with Gasteiger partial charge >= 0.3 is 0 Å². The zero-order chi connectivity index (χ0) is 33.4. The third-order valence-electron chi connectivity index (χ3n) is 6.90. The van der Waals surface area contributed by atoms with Gasteiger partial charge in [-0.15, -0.1) is 0 Å². The molecule has 244 valence electrons. The van der Waals surface area contributed by atoms with Crippen LogP contribution in [0.3, 0.4) is 0 Å². The Kier molecular flexibility index (Phi) is 11.8. The maximum absolute atomic E-state index is 14.2. The Morgan fingerprint density at radius 3 is 1.80 bits per heavy atom. The molecule has 0 aliphatic heterocycles. The van der Waals surface area contributed by atoms with Crippen molar-refractivity contribution in [3.63, 3.8) is 0 Å². The Morgan fingerprint density at radius 1 is 0.822 bits per heavy atom. The number of aliphatic imine (C=N–C) groups is 2. The van der Waals surface area contributed by atoms with E-state index >= 15 is 0 Å². The number of aromatic hydroxyl groups is 1. The normalized spacial score (nSPS) is 12.3. The lowest BCUT2D eigenvalue weighted by atomic mass is 9.96. The quantitative estimate of drug-likeness (QED) is 0.0592. The summed E-state index contributed by atoms with van der Waals surface area (Å²) in [6, 6.07) is 3.10. The lowest BCUT2D eigenvalue weighted by molar-refractivity contribution is 0.114. The van der Waals surface area contributed by atoms with Crippen molar-refractivity contribution in [3.8, 4) is 17.2 Å². The van der Waals surface area contributed by atoms with Crippen LogP contribution in [0, 0.1) is 6.92 Å². The molecule has 0 saturated carbocycles. The first-order valence-corrected chi connectivity index (χ1v) is 14.5. The number of hydrogen-bond acceptors (Lipinski definition) is 9. The fraction of sp³-hybridized carbons (Fsp3) is 0.406. The van der Waals surface area contributed by atoms with Gasteiger partial charge in [0.2, 0.25) is 5.43 Å². The van der Waals surface area contributed by atoms with Gasteiger partial charge in [0.05, 0.1) is 18.5 Å². The summed E-state index contributed by atoms with van der Waals surface area (Å²) in [6.07, 6.45) is 2.52. The minimum Gasteiger partial charge on any atom is -0.507 e. The third-order valence-corrected chi connectivity index (χ3v) is 6.90. The minimum absolute atomic E-state index is 0.00670. The lowest BCUT2D eigenvalue weighted by Gasteiger charge is -2.18. The molecule has 1 heterocycles. The van der Waals surface area contributed by atoms with Crippen LogP contribution in [0.2, 0.25) is 0 Å². The Morgan fingerprint density at radius 2 is 1.29 bits per heavy atom. The van der Waals surface area contributed by atoms with Gasteiger partial charge in [-0.1, -0.05) is 23.3 Å². The minimum atomic E-state index is -1.03. The van der Waals surface area contributed by atoms with Crippen molar-refractivity contribution in [2.75, 3.05) is 26.3 Å². The molecule has 0 radical (unpaired) electrons. The Hall–Kier alpha value is -4.75. The number of rotatable bonds is 14. The molecule has 0 bridgehead atoms. The maximum atomic E-state index is 14.2. The van der Waals surface area contributed by atoms with Crippen molar-refractivity contribution in [2.45, 2.75) is 59.7 Å². The summed E-state index contributed by atoms with van der Waals surface area (Å²) in [5.41, 5.74) is 25.1. The van der Waals surface area contributed by atoms with E-state index in [0.29, 0.717) is 34.2 Å². The smallest absolute Gasteiger partial charge is 0.204 e. The predicted octanol–water partition coefficient (Wildman–Crippen LogP) is 2.00. The SMILES string of the molecule is CC(C)=CCc1c(OCC(O)CN=C(N)N)cc2oc3cc(OCC(O)CN=C(N)N)c(C)c(CC=C(C)C)c3c(=O)c2c1O. The van der Waals surface area contributed by atoms with Gasteiger partial charge in [0.25, 0.3) is 0 Å². The molecule has 0 fully saturated rings. The molecule has 3 rings (SSSR count). The van der Waals surface area contributed by atoms with E-state index in [1.807, 2.05) is 46.8 Å². The zero-order valence-corrected chi connectivity index (χ0v) is 26.4. The van der Waals surface area contributed by atoms with Crippen LogP contribution in [-0.2, 0) is 12.8 Å². The number of phenolic OH excluding ortho intramolecular Hbond substituents is 1. The van der Waals surface area contributed by atoms with E-state index in [4.69, 9.17) is 36.8 Å². The first-order valence-electron chi connectivity index (χ1n) is 14.5. The number of guanidine groups is 2. The second-order valence-corrected chi connectivity index (χ2v) is 11.3. The van der Waals surface area contributed by atoms with Crippen LogP contribution in [0.15, 0.2) is 54.6 Å². The fourth-order valence-corrected chi connectivity index (χ4v) is 4.56. The highest BCUT2D eigenvalue weighted by Gasteiger charge is 2.23. The standard InChI is InChI=1S/C32H44N6O7/c1-16(2)6-8-21-18(5)23(43-14-19(39)12-37-31(33)34)10-25-27(21)30(42)28-26(45-25)11-24(22(29(28)41)9-7-17(3)4)44-15-20(40)13-38-32(35)36/h6-7,10-11,19-20,39-41H,8-9,12-15H2,1-5H3,(H4,33,34,37)(H4,35,36,38). The molecule has 0 spiro atoms. The van der Waals surface area contributed by atoms with Gasteiger partial charge in [0.15, 0.2) is 11.9 Å². The van der Waals surface area contributed by atoms with Crippen LogP contribution in [0.1, 0.15) is 44.4 Å². The van der Waals surface area contributed by atoms with E-state index < -0.39 is 17.6 Å². The van der Waals surface area contributed by atoms with Crippen molar-refractivity contribution >= 4 is 33.9 Å². The summed E-state index contributed by atoms with van der Waals surface area (Å²) in [7, 11) is 0. The van der Waals surface area contributed by atoms with Gasteiger partial charge in [-0.2, -0.15) is 0 Å².